The molecule has 1 unspecified atom stereocenters. The Labute approximate surface area is 162 Å². The van der Waals surface area contributed by atoms with Crippen LogP contribution < -0.4 is 10.5 Å². The molecule has 0 aromatic carbocycles. The second kappa shape index (κ2) is 7.45. The second-order valence-electron chi connectivity index (χ2n) is 6.20. The molecule has 0 radical (unpaired) electrons. The highest BCUT2D eigenvalue weighted by molar-refractivity contribution is 7.93. The maximum atomic E-state index is 13.0. The van der Waals surface area contributed by atoms with E-state index in [-0.39, 0.29) is 11.3 Å². The zero-order valence-electron chi connectivity index (χ0n) is 15.0. The molecule has 2 aromatic rings. The minimum Gasteiger partial charge on any atom is -0.481 e. The molecular formula is C19H19N3O5S. The molecule has 1 atom stereocenters. The first kappa shape index (κ1) is 19.6. The van der Waals surface area contributed by atoms with Crippen molar-refractivity contribution in [3.8, 4) is 5.88 Å². The summed E-state index contributed by atoms with van der Waals surface area (Å²) in [6, 6.07) is 4.76. The van der Waals surface area contributed by atoms with Crippen LogP contribution in [0.3, 0.4) is 0 Å². The molecule has 1 amide bonds. The Kier molecular flexibility index (Phi) is 5.21. The lowest BCUT2D eigenvalue weighted by Crippen LogP contribution is -2.29. The zero-order valence-corrected chi connectivity index (χ0v) is 15.8. The van der Waals surface area contributed by atoms with Crippen molar-refractivity contribution in [3.63, 3.8) is 0 Å². The molecule has 3 N–H and O–H groups in total. The number of pyridine rings is 1. The van der Waals surface area contributed by atoms with Crippen LogP contribution in [-0.2, 0) is 20.4 Å². The molecule has 0 saturated carbocycles. The third-order valence-corrected chi connectivity index (χ3v) is 6.01. The Balaban J connectivity index is 1.88. The molecule has 28 heavy (non-hydrogen) atoms. The Morgan fingerprint density at radius 1 is 1.39 bits per heavy atom. The van der Waals surface area contributed by atoms with Crippen LogP contribution in [0.25, 0.3) is 6.08 Å². The van der Waals surface area contributed by atoms with Crippen LogP contribution in [0.2, 0.25) is 0 Å². The average molecular weight is 401 g/mol. The smallest absolute Gasteiger partial charge is 0.263 e. The van der Waals surface area contributed by atoms with E-state index in [0.29, 0.717) is 17.0 Å². The highest BCUT2D eigenvalue weighted by atomic mass is 32.2. The lowest BCUT2D eigenvalue weighted by molar-refractivity contribution is -0.113. The van der Waals surface area contributed by atoms with Gasteiger partial charge in [-0.25, -0.2) is 17.4 Å². The SMILES string of the molecule is COc1ccc(C2(O)C=CC=C(S(=O)(=O)n3ccc(/C=C/C(N)=O)c3)C2)cn1. The van der Waals surface area contributed by atoms with Crippen LogP contribution in [0.4, 0.5) is 0 Å². The molecule has 0 saturated heterocycles. The van der Waals surface area contributed by atoms with E-state index in [1.807, 2.05) is 0 Å². The quantitative estimate of drug-likeness (QED) is 0.703. The lowest BCUT2D eigenvalue weighted by Gasteiger charge is -2.28. The molecule has 2 heterocycles. The highest BCUT2D eigenvalue weighted by Gasteiger charge is 2.35. The van der Waals surface area contributed by atoms with Gasteiger partial charge >= 0.3 is 0 Å². The van der Waals surface area contributed by atoms with Crippen molar-refractivity contribution in [3.05, 3.63) is 77.1 Å². The van der Waals surface area contributed by atoms with Crippen LogP contribution in [0.5, 0.6) is 5.88 Å². The molecule has 2 aromatic heterocycles. The first-order valence-corrected chi connectivity index (χ1v) is 9.71. The van der Waals surface area contributed by atoms with Gasteiger partial charge in [0.05, 0.1) is 12.0 Å². The zero-order chi connectivity index (χ0) is 20.4. The van der Waals surface area contributed by atoms with Gasteiger partial charge in [-0.3, -0.25) is 4.79 Å². The van der Waals surface area contributed by atoms with Gasteiger partial charge in [-0.05, 0) is 35.9 Å². The molecule has 1 aliphatic carbocycles. The normalized spacial score (nSPS) is 19.6. The number of rotatable bonds is 6. The van der Waals surface area contributed by atoms with Crippen LogP contribution in [0.15, 0.2) is 66.0 Å². The minimum absolute atomic E-state index is 0.0364. The largest absolute Gasteiger partial charge is 0.481 e. The predicted octanol–water partition coefficient (Wildman–Crippen LogP) is 1.30. The van der Waals surface area contributed by atoms with E-state index in [0.717, 1.165) is 10.0 Å². The van der Waals surface area contributed by atoms with Gasteiger partial charge in [0.1, 0.15) is 5.60 Å². The van der Waals surface area contributed by atoms with E-state index in [4.69, 9.17) is 10.5 Å². The van der Waals surface area contributed by atoms with Gasteiger partial charge in [-0.2, -0.15) is 0 Å². The molecular weight excluding hydrogens is 382 g/mol. The monoisotopic (exact) mass is 401 g/mol. The van der Waals surface area contributed by atoms with Crippen molar-refractivity contribution < 1.29 is 23.1 Å². The molecule has 0 fully saturated rings. The first-order valence-electron chi connectivity index (χ1n) is 8.27. The summed E-state index contributed by atoms with van der Waals surface area (Å²) in [5, 5.41) is 11.0. The van der Waals surface area contributed by atoms with E-state index in [2.05, 4.69) is 4.98 Å². The summed E-state index contributed by atoms with van der Waals surface area (Å²) in [5.41, 5.74) is 4.48. The number of aliphatic hydroxyl groups is 1. The first-order chi connectivity index (χ1) is 13.2. The number of hydrogen-bond donors (Lipinski definition) is 2. The van der Waals surface area contributed by atoms with Crippen LogP contribution in [0.1, 0.15) is 17.5 Å². The summed E-state index contributed by atoms with van der Waals surface area (Å²) in [7, 11) is -2.42. The van der Waals surface area contributed by atoms with Crippen molar-refractivity contribution in [1.82, 2.24) is 8.96 Å². The second-order valence-corrected chi connectivity index (χ2v) is 8.09. The standard InChI is InChI=1S/C19H19N3O5S/c1-27-18-7-5-15(12-21-18)19(24)9-2-3-16(11-19)28(25,26)22-10-8-14(13-22)4-6-17(20)23/h2-10,12-13,24H,11H2,1H3,(H2,20,23)/b6-4+. The fourth-order valence-corrected chi connectivity index (χ4v) is 4.19. The molecule has 0 spiro atoms. The number of allylic oxidation sites excluding steroid dienone is 2. The molecule has 3 rings (SSSR count). The number of carbonyl (C=O) groups excluding carboxylic acids is 1. The van der Waals surface area contributed by atoms with Gasteiger partial charge < -0.3 is 15.6 Å². The van der Waals surface area contributed by atoms with Gasteiger partial charge in [-0.1, -0.05) is 6.08 Å². The van der Waals surface area contributed by atoms with E-state index in [1.165, 1.54) is 56.1 Å². The molecule has 0 bridgehead atoms. The number of methoxy groups -OCH3 is 1. The van der Waals surface area contributed by atoms with Crippen molar-refractivity contribution in [2.45, 2.75) is 12.0 Å². The summed E-state index contributed by atoms with van der Waals surface area (Å²) >= 11 is 0. The van der Waals surface area contributed by atoms with E-state index >= 15 is 0 Å². The van der Waals surface area contributed by atoms with E-state index in [9.17, 15) is 18.3 Å². The molecule has 146 valence electrons. The van der Waals surface area contributed by atoms with Crippen LogP contribution in [0, 0.1) is 0 Å². The van der Waals surface area contributed by atoms with E-state index < -0.39 is 21.5 Å². The Morgan fingerprint density at radius 3 is 2.82 bits per heavy atom. The van der Waals surface area contributed by atoms with Crippen molar-refractivity contribution in [1.29, 1.82) is 0 Å². The van der Waals surface area contributed by atoms with Crippen molar-refractivity contribution in [2.24, 2.45) is 5.73 Å². The topological polar surface area (TPSA) is 125 Å². The van der Waals surface area contributed by atoms with Crippen LogP contribution in [-0.4, -0.2) is 35.5 Å². The summed E-state index contributed by atoms with van der Waals surface area (Å²) in [5.74, 6) is -0.242. The van der Waals surface area contributed by atoms with Crippen molar-refractivity contribution in [2.75, 3.05) is 7.11 Å². The Morgan fingerprint density at radius 2 is 2.18 bits per heavy atom. The van der Waals surface area contributed by atoms with Crippen LogP contribution >= 0.6 is 0 Å². The van der Waals surface area contributed by atoms with Gasteiger partial charge in [0, 0.05) is 42.7 Å². The van der Waals surface area contributed by atoms with E-state index in [1.54, 1.807) is 12.1 Å². The summed E-state index contributed by atoms with van der Waals surface area (Å²) in [6.45, 7) is 0. The van der Waals surface area contributed by atoms with Gasteiger partial charge in [-0.15, -0.1) is 0 Å². The molecule has 0 aliphatic heterocycles. The van der Waals surface area contributed by atoms with Crippen molar-refractivity contribution >= 4 is 22.0 Å². The number of hydrogen-bond acceptors (Lipinski definition) is 6. The average Bonchev–Trinajstić information content (AvgIpc) is 3.16. The third-order valence-electron chi connectivity index (χ3n) is 4.28. The number of ether oxygens (including phenoxy) is 1. The predicted molar refractivity (Wildman–Crippen MR) is 104 cm³/mol. The molecule has 8 nitrogen and oxygen atoms in total. The number of amides is 1. The molecule has 9 heteroatoms. The molecule has 1 aliphatic rings. The third kappa shape index (κ3) is 3.90. The summed E-state index contributed by atoms with van der Waals surface area (Å²) in [6.07, 6.45) is 11.0. The van der Waals surface area contributed by atoms with Gasteiger partial charge in [0.15, 0.2) is 0 Å². The number of primary amides is 1. The fourth-order valence-electron chi connectivity index (χ4n) is 2.79. The summed E-state index contributed by atoms with van der Waals surface area (Å²) in [4.78, 5) is 14.9. The Bertz CT molecular complexity index is 1080. The minimum atomic E-state index is -3.90. The number of carbonyl (C=O) groups is 1. The Hall–Kier alpha value is -3.17. The maximum absolute atomic E-state index is 13.0. The fraction of sp³-hybridized carbons (Fsp3) is 0.158. The number of aromatic nitrogens is 2. The highest BCUT2D eigenvalue weighted by Crippen LogP contribution is 2.35. The number of nitrogens with two attached hydrogens (primary N) is 1. The number of nitrogens with zero attached hydrogens (tertiary/aromatic N) is 2. The van der Waals surface area contributed by atoms with Gasteiger partial charge in [0.25, 0.3) is 10.0 Å². The van der Waals surface area contributed by atoms with Gasteiger partial charge in [0.2, 0.25) is 11.8 Å². The lowest BCUT2D eigenvalue weighted by atomic mass is 9.88. The maximum Gasteiger partial charge on any atom is 0.263 e. The summed E-state index contributed by atoms with van der Waals surface area (Å²) < 4.78 is 31.9.